The van der Waals surface area contributed by atoms with Crippen LogP contribution in [0.5, 0.6) is 0 Å². The Bertz CT molecular complexity index is 607. The molecule has 0 heterocycles. The van der Waals surface area contributed by atoms with Gasteiger partial charge >= 0.3 is 162 Å². The van der Waals surface area contributed by atoms with Crippen molar-refractivity contribution < 1.29 is 0 Å². The van der Waals surface area contributed by atoms with Crippen LogP contribution in [0.15, 0.2) is 44.8 Å². The first-order valence-electron chi connectivity index (χ1n) is 9.88. The molecule has 0 amide bonds. The van der Waals surface area contributed by atoms with Gasteiger partial charge in [-0.2, -0.15) is 0 Å². The number of hydrogen-bond donors (Lipinski definition) is 0. The van der Waals surface area contributed by atoms with E-state index in [0.717, 1.165) is 9.18 Å². The first-order chi connectivity index (χ1) is 11.0. The van der Waals surface area contributed by atoms with Crippen molar-refractivity contribution in [1.29, 1.82) is 0 Å². The first-order valence-corrected chi connectivity index (χ1v) is 12.9. The molecule has 0 bridgehead atoms. The van der Waals surface area contributed by atoms with E-state index in [2.05, 4.69) is 60.7 Å². The van der Waals surface area contributed by atoms with Crippen LogP contribution < -0.4 is 0 Å². The van der Waals surface area contributed by atoms with Crippen LogP contribution in [0.25, 0.3) is 0 Å². The van der Waals surface area contributed by atoms with Gasteiger partial charge in [-0.1, -0.05) is 0 Å². The molecule has 2 atom stereocenters. The van der Waals surface area contributed by atoms with Crippen molar-refractivity contribution in [2.75, 3.05) is 0 Å². The van der Waals surface area contributed by atoms with Crippen LogP contribution in [0, 0.1) is 0 Å². The number of allylic oxidation sites excluding steroid dienone is 8. The molecule has 0 saturated heterocycles. The maximum atomic E-state index is 2.66. The predicted molar refractivity (Wildman–Crippen MR) is 104 cm³/mol. The molecule has 0 aromatic rings. The standard InChI is InChI=1S/C20H26Si.2Li/c1-21(2,19-11-15-7-3-4-8-16(15)12-19)20-13-17-9-5-6-10-18(17)14-20;;/h11-14H,3-10H2,1-2H3;;. The molecule has 0 radical (unpaired) electrons. The van der Waals surface area contributed by atoms with Gasteiger partial charge in [0.1, 0.15) is 0 Å². The third-order valence-corrected chi connectivity index (χ3v) is 11.2. The third kappa shape index (κ3) is 2.72. The van der Waals surface area contributed by atoms with Crippen LogP contribution >= 0.6 is 0 Å². The summed E-state index contributed by atoms with van der Waals surface area (Å²) in [5.41, 5.74) is 7.05. The van der Waals surface area contributed by atoms with Crippen molar-refractivity contribution in [2.45, 2.75) is 73.6 Å². The maximum absolute atomic E-state index is 2.66. The van der Waals surface area contributed by atoms with Crippen LogP contribution in [-0.4, -0.2) is 43.5 Å². The Morgan fingerprint density at radius 1 is 0.739 bits per heavy atom. The summed E-state index contributed by atoms with van der Waals surface area (Å²) in [4.78, 5) is 0. The molecule has 0 spiro atoms. The molecular weight excluding hydrogens is 282 g/mol. The molecule has 2 unspecified atom stereocenters. The summed E-state index contributed by atoms with van der Waals surface area (Å²) in [6, 6.07) is 0. The SMILES string of the molecule is [Li][CH]1C([Si](C)(C)C2=CC3=C(CCCC3)[CH]2[Li])=CC2=C1CCCC2. The molecule has 0 saturated carbocycles. The van der Waals surface area contributed by atoms with Gasteiger partial charge in [0.25, 0.3) is 0 Å². The average molecular weight is 308 g/mol. The molecule has 4 aliphatic rings. The zero-order valence-electron chi connectivity index (χ0n) is 15.5. The minimum atomic E-state index is -1.50. The second kappa shape index (κ2) is 6.27. The van der Waals surface area contributed by atoms with E-state index in [1.807, 2.05) is 10.4 Å². The van der Waals surface area contributed by atoms with E-state index in [9.17, 15) is 0 Å². The van der Waals surface area contributed by atoms with E-state index >= 15 is 0 Å². The van der Waals surface area contributed by atoms with Gasteiger partial charge in [0.2, 0.25) is 0 Å². The molecule has 0 aromatic carbocycles. The fourth-order valence-corrected chi connectivity index (χ4v) is 9.75. The van der Waals surface area contributed by atoms with Gasteiger partial charge in [0.05, 0.1) is 0 Å². The third-order valence-electron chi connectivity index (χ3n) is 7.19. The van der Waals surface area contributed by atoms with Crippen LogP contribution in [0.4, 0.5) is 0 Å². The summed E-state index contributed by atoms with van der Waals surface area (Å²) in [6.45, 7) is 5.27. The van der Waals surface area contributed by atoms with Gasteiger partial charge in [-0.3, -0.25) is 0 Å². The second-order valence-corrected chi connectivity index (χ2v) is 13.2. The first kappa shape index (κ1) is 16.8. The van der Waals surface area contributed by atoms with Crippen LogP contribution in [-0.2, 0) is 0 Å². The topological polar surface area (TPSA) is 0 Å². The summed E-state index contributed by atoms with van der Waals surface area (Å²) >= 11 is 5.00. The van der Waals surface area contributed by atoms with E-state index in [0.29, 0.717) is 0 Å². The van der Waals surface area contributed by atoms with Crippen molar-refractivity contribution in [1.82, 2.24) is 0 Å². The Labute approximate surface area is 161 Å². The zero-order valence-corrected chi connectivity index (χ0v) is 16.5. The molecule has 0 aliphatic heterocycles. The van der Waals surface area contributed by atoms with E-state index in [1.165, 1.54) is 51.4 Å². The Morgan fingerprint density at radius 3 is 1.52 bits per heavy atom. The molecule has 0 aromatic heterocycles. The summed E-state index contributed by atoms with van der Waals surface area (Å²) in [7, 11) is -1.50. The van der Waals surface area contributed by atoms with Crippen molar-refractivity contribution in [3.8, 4) is 0 Å². The predicted octanol–water partition coefficient (Wildman–Crippen LogP) is 5.31. The Balaban J connectivity index is 1.65. The summed E-state index contributed by atoms with van der Waals surface area (Å²) in [6.07, 6.45) is 16.4. The fourth-order valence-electron chi connectivity index (χ4n) is 5.83. The Hall–Kier alpha value is 0.372. The molecule has 0 fully saturated rings. The molecule has 0 nitrogen and oxygen atoms in total. The molecule has 0 N–H and O–H groups in total. The van der Waals surface area contributed by atoms with Gasteiger partial charge in [0.15, 0.2) is 0 Å². The van der Waals surface area contributed by atoms with E-state index in [4.69, 9.17) is 0 Å². The van der Waals surface area contributed by atoms with Crippen LogP contribution in [0.2, 0.25) is 22.3 Å². The average Bonchev–Trinajstić information content (AvgIpc) is 3.07. The van der Waals surface area contributed by atoms with Crippen molar-refractivity contribution in [3.05, 3.63) is 44.8 Å². The van der Waals surface area contributed by atoms with Gasteiger partial charge in [-0.15, -0.1) is 0 Å². The zero-order chi connectivity index (χ0) is 16.2. The molecular formula is C20H26Li2Si. The van der Waals surface area contributed by atoms with E-state index in [-0.39, 0.29) is 0 Å². The van der Waals surface area contributed by atoms with E-state index < -0.39 is 8.07 Å². The molecule has 4 rings (SSSR count). The summed E-state index contributed by atoms with van der Waals surface area (Å²) in [5.74, 6) is 0. The van der Waals surface area contributed by atoms with Gasteiger partial charge in [0, 0.05) is 0 Å². The summed E-state index contributed by atoms with van der Waals surface area (Å²) in [5, 5.41) is 3.67. The van der Waals surface area contributed by atoms with Crippen molar-refractivity contribution >= 4 is 43.5 Å². The Kier molecular flexibility index (Phi) is 4.58. The van der Waals surface area contributed by atoms with Crippen LogP contribution in [0.3, 0.4) is 0 Å². The molecule has 23 heavy (non-hydrogen) atoms. The fraction of sp³-hybridized carbons (Fsp3) is 0.600. The van der Waals surface area contributed by atoms with Gasteiger partial charge in [-0.25, -0.2) is 0 Å². The Morgan fingerprint density at radius 2 is 1.13 bits per heavy atom. The summed E-state index contributed by atoms with van der Waals surface area (Å²) < 4.78 is 1.47. The van der Waals surface area contributed by atoms with Crippen molar-refractivity contribution in [3.63, 3.8) is 0 Å². The molecule has 4 aliphatic carbocycles. The quantitative estimate of drug-likeness (QED) is 0.607. The molecule has 3 heteroatoms. The molecule has 112 valence electrons. The number of hydrogen-bond acceptors (Lipinski definition) is 0. The van der Waals surface area contributed by atoms with Gasteiger partial charge in [-0.05, 0) is 0 Å². The monoisotopic (exact) mass is 308 g/mol. The second-order valence-electron chi connectivity index (χ2n) is 8.78. The van der Waals surface area contributed by atoms with E-state index in [1.54, 1.807) is 22.3 Å². The van der Waals surface area contributed by atoms with Crippen molar-refractivity contribution in [2.24, 2.45) is 0 Å². The normalized spacial score (nSPS) is 31.2. The minimum absolute atomic E-state index is 0.734. The van der Waals surface area contributed by atoms with Crippen LogP contribution in [0.1, 0.15) is 51.4 Å². The van der Waals surface area contributed by atoms with Gasteiger partial charge < -0.3 is 0 Å². The number of rotatable bonds is 2.